The second kappa shape index (κ2) is 6.77. The van der Waals surface area contributed by atoms with Crippen molar-refractivity contribution in [1.82, 2.24) is 9.80 Å². The lowest BCUT2D eigenvalue weighted by Gasteiger charge is -2.44. The molecule has 0 saturated carbocycles. The molecule has 1 amide bonds. The largest absolute Gasteiger partial charge is 0.460 e. The van der Waals surface area contributed by atoms with E-state index in [1.165, 1.54) is 25.8 Å². The molecule has 1 unspecified atom stereocenters. The van der Waals surface area contributed by atoms with Crippen LogP contribution in [0.2, 0.25) is 0 Å². The molecular formula is C16H28N2O3. The quantitative estimate of drug-likeness (QED) is 0.745. The van der Waals surface area contributed by atoms with E-state index in [4.69, 9.17) is 4.74 Å². The van der Waals surface area contributed by atoms with Gasteiger partial charge in [0.25, 0.3) is 0 Å². The molecule has 0 aromatic carbocycles. The first-order chi connectivity index (χ1) is 9.85. The molecular weight excluding hydrogens is 268 g/mol. The fourth-order valence-electron chi connectivity index (χ4n) is 3.14. The minimum absolute atomic E-state index is 0.0890. The third-order valence-corrected chi connectivity index (χ3v) is 4.15. The van der Waals surface area contributed by atoms with Crippen molar-refractivity contribution >= 4 is 11.9 Å². The van der Waals surface area contributed by atoms with Gasteiger partial charge in [0.15, 0.2) is 0 Å². The van der Waals surface area contributed by atoms with Crippen LogP contribution >= 0.6 is 0 Å². The second-order valence-corrected chi connectivity index (χ2v) is 7.11. The Balaban J connectivity index is 1.75. The van der Waals surface area contributed by atoms with Gasteiger partial charge in [-0.2, -0.15) is 0 Å². The van der Waals surface area contributed by atoms with Crippen LogP contribution in [-0.4, -0.2) is 59.5 Å². The summed E-state index contributed by atoms with van der Waals surface area (Å²) in [5, 5.41) is 0. The fraction of sp³-hybridized carbons (Fsp3) is 0.875. The van der Waals surface area contributed by atoms with Gasteiger partial charge in [0.1, 0.15) is 5.60 Å². The van der Waals surface area contributed by atoms with Gasteiger partial charge < -0.3 is 9.64 Å². The van der Waals surface area contributed by atoms with E-state index in [0.29, 0.717) is 6.04 Å². The minimum Gasteiger partial charge on any atom is -0.460 e. The molecule has 0 aliphatic carbocycles. The van der Waals surface area contributed by atoms with Gasteiger partial charge in [-0.3, -0.25) is 14.5 Å². The number of rotatable bonds is 3. The topological polar surface area (TPSA) is 49.9 Å². The van der Waals surface area contributed by atoms with E-state index in [2.05, 4.69) is 4.90 Å². The van der Waals surface area contributed by atoms with Gasteiger partial charge in [-0.25, -0.2) is 0 Å². The molecule has 2 rings (SSSR count). The first-order valence-corrected chi connectivity index (χ1v) is 8.09. The van der Waals surface area contributed by atoms with Crippen molar-refractivity contribution in [2.45, 2.75) is 64.5 Å². The Bertz CT molecular complexity index is 389. The van der Waals surface area contributed by atoms with Gasteiger partial charge in [0.05, 0.1) is 6.42 Å². The number of hydrogen-bond donors (Lipinski definition) is 0. The number of carbonyl (C=O) groups excluding carboxylic acids is 2. The summed E-state index contributed by atoms with van der Waals surface area (Å²) in [4.78, 5) is 28.3. The van der Waals surface area contributed by atoms with Crippen LogP contribution in [0.3, 0.4) is 0 Å². The number of carbonyl (C=O) groups is 2. The lowest BCUT2D eigenvalue weighted by molar-refractivity contribution is -0.156. The number of esters is 1. The van der Waals surface area contributed by atoms with Crippen LogP contribution in [0.15, 0.2) is 0 Å². The Morgan fingerprint density at radius 1 is 1.10 bits per heavy atom. The standard InChI is InChI=1S/C16H28N2O3/c1-16(2,3)21-15(20)8-7-14(19)18-11-10-17-9-5-4-6-13(17)12-18/h13H,4-12H2,1-3H3. The lowest BCUT2D eigenvalue weighted by atomic mass is 9.99. The van der Waals surface area contributed by atoms with E-state index in [1.54, 1.807) is 0 Å². The van der Waals surface area contributed by atoms with E-state index in [9.17, 15) is 9.59 Å². The summed E-state index contributed by atoms with van der Waals surface area (Å²) >= 11 is 0. The highest BCUT2D eigenvalue weighted by molar-refractivity contribution is 5.81. The number of hydrogen-bond acceptors (Lipinski definition) is 4. The normalized spacial score (nSPS) is 23.6. The highest BCUT2D eigenvalue weighted by Gasteiger charge is 2.31. The zero-order chi connectivity index (χ0) is 15.5. The van der Waals surface area contributed by atoms with Crippen LogP contribution in [0.1, 0.15) is 52.9 Å². The number of ether oxygens (including phenoxy) is 1. The molecule has 2 aliphatic rings. The summed E-state index contributed by atoms with van der Waals surface area (Å²) in [5.41, 5.74) is -0.478. The van der Waals surface area contributed by atoms with E-state index >= 15 is 0 Å². The first-order valence-electron chi connectivity index (χ1n) is 8.09. The summed E-state index contributed by atoms with van der Waals surface area (Å²) in [7, 11) is 0. The SMILES string of the molecule is CC(C)(C)OC(=O)CCC(=O)N1CCN2CCCCC2C1. The van der Waals surface area contributed by atoms with Crippen LogP contribution in [0, 0.1) is 0 Å². The Labute approximate surface area is 127 Å². The highest BCUT2D eigenvalue weighted by atomic mass is 16.6. The van der Waals surface area contributed by atoms with Crippen LogP contribution in [-0.2, 0) is 14.3 Å². The third kappa shape index (κ3) is 4.99. The molecule has 0 N–H and O–H groups in total. The molecule has 2 fully saturated rings. The Hall–Kier alpha value is -1.10. The van der Waals surface area contributed by atoms with E-state index < -0.39 is 5.60 Å². The maximum Gasteiger partial charge on any atom is 0.306 e. The van der Waals surface area contributed by atoms with Crippen molar-refractivity contribution in [3.63, 3.8) is 0 Å². The summed E-state index contributed by atoms with van der Waals surface area (Å²) < 4.78 is 5.24. The van der Waals surface area contributed by atoms with Crippen molar-refractivity contribution in [3.8, 4) is 0 Å². The molecule has 0 bridgehead atoms. The second-order valence-electron chi connectivity index (χ2n) is 7.11. The van der Waals surface area contributed by atoms with Crippen molar-refractivity contribution in [3.05, 3.63) is 0 Å². The predicted molar refractivity (Wildman–Crippen MR) is 80.9 cm³/mol. The summed E-state index contributed by atoms with van der Waals surface area (Å²) in [6.07, 6.45) is 4.18. The molecule has 120 valence electrons. The van der Waals surface area contributed by atoms with Gasteiger partial charge in [-0.15, -0.1) is 0 Å². The van der Waals surface area contributed by atoms with Crippen LogP contribution in [0.4, 0.5) is 0 Å². The average Bonchev–Trinajstić information content (AvgIpc) is 2.42. The summed E-state index contributed by atoms with van der Waals surface area (Å²) in [6.45, 7) is 9.29. The maximum atomic E-state index is 12.2. The maximum absolute atomic E-state index is 12.2. The highest BCUT2D eigenvalue weighted by Crippen LogP contribution is 2.21. The molecule has 0 aromatic heterocycles. The zero-order valence-electron chi connectivity index (χ0n) is 13.6. The number of nitrogens with zero attached hydrogens (tertiary/aromatic N) is 2. The molecule has 0 aromatic rings. The molecule has 2 saturated heterocycles. The van der Waals surface area contributed by atoms with Crippen molar-refractivity contribution in [2.24, 2.45) is 0 Å². The van der Waals surface area contributed by atoms with Crippen molar-refractivity contribution in [1.29, 1.82) is 0 Å². The zero-order valence-corrected chi connectivity index (χ0v) is 13.6. The van der Waals surface area contributed by atoms with Crippen molar-refractivity contribution < 1.29 is 14.3 Å². The Morgan fingerprint density at radius 3 is 2.57 bits per heavy atom. The number of amides is 1. The number of fused-ring (bicyclic) bond motifs is 1. The average molecular weight is 296 g/mol. The molecule has 0 radical (unpaired) electrons. The van der Waals surface area contributed by atoms with Gasteiger partial charge >= 0.3 is 5.97 Å². The molecule has 1 atom stereocenters. The van der Waals surface area contributed by atoms with E-state index in [-0.39, 0.29) is 24.7 Å². The molecule has 5 nitrogen and oxygen atoms in total. The molecule has 2 heterocycles. The number of piperidine rings is 1. The monoisotopic (exact) mass is 296 g/mol. The predicted octanol–water partition coefficient (Wildman–Crippen LogP) is 1.80. The van der Waals surface area contributed by atoms with Crippen LogP contribution < -0.4 is 0 Å². The van der Waals surface area contributed by atoms with Crippen LogP contribution in [0.5, 0.6) is 0 Å². The van der Waals surface area contributed by atoms with Gasteiger partial charge in [-0.1, -0.05) is 6.42 Å². The fourth-order valence-corrected chi connectivity index (χ4v) is 3.14. The molecule has 2 aliphatic heterocycles. The van der Waals surface area contributed by atoms with Crippen molar-refractivity contribution in [2.75, 3.05) is 26.2 Å². The number of piperazine rings is 1. The van der Waals surface area contributed by atoms with E-state index in [0.717, 1.165) is 19.6 Å². The summed E-state index contributed by atoms with van der Waals surface area (Å²) in [5.74, 6) is -0.196. The van der Waals surface area contributed by atoms with Gasteiger partial charge in [-0.05, 0) is 40.2 Å². The summed E-state index contributed by atoms with van der Waals surface area (Å²) in [6, 6.07) is 0.526. The minimum atomic E-state index is -0.478. The molecule has 0 spiro atoms. The Morgan fingerprint density at radius 2 is 1.86 bits per heavy atom. The third-order valence-electron chi connectivity index (χ3n) is 4.15. The van der Waals surface area contributed by atoms with Gasteiger partial charge in [0, 0.05) is 32.1 Å². The van der Waals surface area contributed by atoms with Crippen LogP contribution in [0.25, 0.3) is 0 Å². The Kier molecular flexibility index (Phi) is 5.25. The lowest BCUT2D eigenvalue weighted by Crippen LogP contribution is -2.56. The molecule has 21 heavy (non-hydrogen) atoms. The van der Waals surface area contributed by atoms with E-state index in [1.807, 2.05) is 25.7 Å². The first kappa shape index (κ1) is 16.3. The smallest absolute Gasteiger partial charge is 0.306 e. The van der Waals surface area contributed by atoms with Gasteiger partial charge in [0.2, 0.25) is 5.91 Å². The molecule has 5 heteroatoms.